The van der Waals surface area contributed by atoms with Crippen molar-refractivity contribution in [1.29, 1.82) is 0 Å². The highest BCUT2D eigenvalue weighted by Crippen LogP contribution is 2.42. The van der Waals surface area contributed by atoms with Crippen molar-refractivity contribution < 1.29 is 14.5 Å². The molecule has 1 amide bonds. The molecular weight excluding hydrogens is 504 g/mol. The normalized spacial score (nSPS) is 16.8. The second-order valence-corrected chi connectivity index (χ2v) is 8.99. The number of non-ortho nitro benzene ring substituents is 1. The summed E-state index contributed by atoms with van der Waals surface area (Å²) < 4.78 is 6.81. The molecule has 0 saturated carbocycles. The molecule has 11 heteroatoms. The maximum absolute atomic E-state index is 11.9. The van der Waals surface area contributed by atoms with Crippen LogP contribution in [0.25, 0.3) is 5.69 Å². The number of anilines is 2. The summed E-state index contributed by atoms with van der Waals surface area (Å²) in [6, 6.07) is 22.8. The average Bonchev–Trinajstić information content (AvgIpc) is 3.54. The molecule has 4 aromatic rings. The molecule has 5 rings (SSSR count). The number of rotatable bonds is 8. The first kappa shape index (κ1) is 25.1. The van der Waals surface area contributed by atoms with E-state index in [0.717, 1.165) is 17.1 Å². The number of carbonyl (C=O) groups is 1. The monoisotopic (exact) mass is 528 g/mol. The van der Waals surface area contributed by atoms with Crippen LogP contribution in [0.5, 0.6) is 0 Å². The molecule has 0 radical (unpaired) electrons. The molecule has 1 aliphatic rings. The quantitative estimate of drug-likeness (QED) is 0.195. The van der Waals surface area contributed by atoms with Gasteiger partial charge in [-0.05, 0) is 66.8 Å². The van der Waals surface area contributed by atoms with E-state index in [-0.39, 0.29) is 30.3 Å². The van der Waals surface area contributed by atoms with E-state index in [9.17, 15) is 14.9 Å². The van der Waals surface area contributed by atoms with Crippen LogP contribution in [-0.2, 0) is 9.53 Å². The first-order valence-corrected chi connectivity index (χ1v) is 12.2. The summed E-state index contributed by atoms with van der Waals surface area (Å²) in [6.07, 6.45) is 3.61. The summed E-state index contributed by atoms with van der Waals surface area (Å²) in [6.45, 7) is -0.0374. The highest BCUT2D eigenvalue weighted by Gasteiger charge is 2.42. The van der Waals surface area contributed by atoms with Gasteiger partial charge in [0.1, 0.15) is 12.6 Å². The van der Waals surface area contributed by atoms with Gasteiger partial charge in [-0.15, -0.1) is 0 Å². The van der Waals surface area contributed by atoms with Gasteiger partial charge in [0.2, 0.25) is 5.91 Å². The van der Waals surface area contributed by atoms with Gasteiger partial charge >= 0.3 is 0 Å². The molecule has 2 N–H and O–H groups in total. The van der Waals surface area contributed by atoms with E-state index in [1.54, 1.807) is 30.5 Å². The summed E-state index contributed by atoms with van der Waals surface area (Å²) >= 11 is 5.81. The van der Waals surface area contributed by atoms with E-state index < -0.39 is 4.92 Å². The standard InChI is InChI=1S/C27H24N6O4S/c1-37-17-24(34)29-18-10-12-19(13-11-18)32-26(25(30-27(32)38)22-8-2-3-14-28-22)23-9-5-15-31(23)20-6-4-7-21(16-20)33(35)36/h2-16,25-26H,17H2,1H3,(H,29,34)(H,30,38)/t25-,26-/m0/s1. The third-order valence-electron chi connectivity index (χ3n) is 6.20. The van der Waals surface area contributed by atoms with E-state index in [1.807, 2.05) is 64.2 Å². The molecular formula is C27H24N6O4S. The van der Waals surface area contributed by atoms with Crippen LogP contribution in [0.1, 0.15) is 23.5 Å². The number of pyridine rings is 1. The molecule has 10 nitrogen and oxygen atoms in total. The zero-order chi connectivity index (χ0) is 26.6. The maximum atomic E-state index is 11.9. The highest BCUT2D eigenvalue weighted by molar-refractivity contribution is 7.80. The lowest BCUT2D eigenvalue weighted by Gasteiger charge is -2.29. The summed E-state index contributed by atoms with van der Waals surface area (Å²) in [5.41, 5.74) is 3.78. The molecule has 0 aliphatic carbocycles. The van der Waals surface area contributed by atoms with E-state index in [0.29, 0.717) is 16.5 Å². The summed E-state index contributed by atoms with van der Waals surface area (Å²) in [5.74, 6) is -0.249. The smallest absolute Gasteiger partial charge is 0.271 e. The Morgan fingerprint density at radius 3 is 2.63 bits per heavy atom. The number of nitro benzene ring substituents is 1. The van der Waals surface area contributed by atoms with Crippen LogP contribution < -0.4 is 15.5 Å². The van der Waals surface area contributed by atoms with Gasteiger partial charge in [-0.3, -0.25) is 19.9 Å². The number of hydrogen-bond acceptors (Lipinski definition) is 6. The fourth-order valence-electron chi connectivity index (χ4n) is 4.59. The van der Waals surface area contributed by atoms with Crippen molar-refractivity contribution >= 4 is 40.3 Å². The van der Waals surface area contributed by atoms with Gasteiger partial charge in [0.05, 0.1) is 22.3 Å². The first-order valence-electron chi connectivity index (χ1n) is 11.8. The Labute approximate surface area is 224 Å². The van der Waals surface area contributed by atoms with Gasteiger partial charge < -0.3 is 24.8 Å². The van der Waals surface area contributed by atoms with E-state index in [1.165, 1.54) is 13.2 Å². The third kappa shape index (κ3) is 4.97. The number of carbonyl (C=O) groups excluding carboxylic acids is 1. The fraction of sp³-hybridized carbons (Fsp3) is 0.148. The van der Waals surface area contributed by atoms with Gasteiger partial charge in [0.15, 0.2) is 5.11 Å². The molecule has 2 atom stereocenters. The first-order chi connectivity index (χ1) is 18.5. The SMILES string of the molecule is COCC(=O)Nc1ccc(N2C(=S)N[C@@H](c3ccccn3)[C@@H]2c2cccn2-c2cccc([N+](=O)[O-])c2)cc1. The number of nitrogens with one attached hydrogen (secondary N) is 2. The average molecular weight is 529 g/mol. The van der Waals surface area contributed by atoms with E-state index >= 15 is 0 Å². The Balaban J connectivity index is 1.57. The van der Waals surface area contributed by atoms with Crippen molar-refractivity contribution in [2.75, 3.05) is 23.9 Å². The van der Waals surface area contributed by atoms with Crippen molar-refractivity contribution in [2.45, 2.75) is 12.1 Å². The second-order valence-electron chi connectivity index (χ2n) is 8.60. The number of ether oxygens (including phenoxy) is 1. The topological polar surface area (TPSA) is 115 Å². The van der Waals surface area contributed by atoms with Crippen molar-refractivity contribution in [3.8, 4) is 5.69 Å². The second kappa shape index (κ2) is 10.8. The minimum Gasteiger partial charge on any atom is -0.375 e. The Kier molecular flexibility index (Phi) is 7.11. The molecule has 0 unspecified atom stereocenters. The van der Waals surface area contributed by atoms with Crippen LogP contribution in [0.2, 0.25) is 0 Å². The molecule has 2 aromatic carbocycles. The highest BCUT2D eigenvalue weighted by atomic mass is 32.1. The number of nitro groups is 1. The molecule has 1 aliphatic heterocycles. The zero-order valence-corrected chi connectivity index (χ0v) is 21.2. The predicted octanol–water partition coefficient (Wildman–Crippen LogP) is 4.54. The largest absolute Gasteiger partial charge is 0.375 e. The van der Waals surface area contributed by atoms with Crippen LogP contribution in [0.15, 0.2) is 91.3 Å². The molecule has 0 spiro atoms. The van der Waals surface area contributed by atoms with Crippen molar-refractivity contribution in [2.24, 2.45) is 0 Å². The van der Waals surface area contributed by atoms with Crippen molar-refractivity contribution in [3.05, 3.63) is 113 Å². The molecule has 0 bridgehead atoms. The fourth-order valence-corrected chi connectivity index (χ4v) is 4.94. The lowest BCUT2D eigenvalue weighted by atomic mass is 10.0. The molecule has 2 aromatic heterocycles. The van der Waals surface area contributed by atoms with Gasteiger partial charge in [-0.25, -0.2) is 0 Å². The number of thiocarbonyl (C=S) groups is 1. The van der Waals surface area contributed by atoms with Gasteiger partial charge in [0, 0.05) is 48.7 Å². The van der Waals surface area contributed by atoms with Crippen LogP contribution in [0.4, 0.5) is 17.1 Å². The minimum absolute atomic E-state index is 0.00598. The summed E-state index contributed by atoms with van der Waals surface area (Å²) in [7, 11) is 1.46. The van der Waals surface area contributed by atoms with Crippen molar-refractivity contribution in [3.63, 3.8) is 0 Å². The van der Waals surface area contributed by atoms with E-state index in [2.05, 4.69) is 15.6 Å². The van der Waals surface area contributed by atoms with Gasteiger partial charge in [-0.2, -0.15) is 0 Å². The predicted molar refractivity (Wildman–Crippen MR) is 147 cm³/mol. The lowest BCUT2D eigenvalue weighted by molar-refractivity contribution is -0.384. The number of benzene rings is 2. The Hall–Kier alpha value is -4.61. The van der Waals surface area contributed by atoms with Gasteiger partial charge in [0.25, 0.3) is 5.69 Å². The van der Waals surface area contributed by atoms with Crippen LogP contribution in [-0.4, -0.2) is 39.2 Å². The molecule has 38 heavy (non-hydrogen) atoms. The molecule has 1 saturated heterocycles. The van der Waals surface area contributed by atoms with Crippen LogP contribution >= 0.6 is 12.2 Å². The molecule has 192 valence electrons. The maximum Gasteiger partial charge on any atom is 0.271 e. The number of nitrogens with zero attached hydrogens (tertiary/aromatic N) is 4. The molecule has 1 fully saturated rings. The summed E-state index contributed by atoms with van der Waals surface area (Å²) in [5, 5.41) is 18.1. The number of hydrogen-bond donors (Lipinski definition) is 2. The van der Waals surface area contributed by atoms with Crippen molar-refractivity contribution in [1.82, 2.24) is 14.9 Å². The zero-order valence-electron chi connectivity index (χ0n) is 20.4. The Bertz CT molecular complexity index is 1470. The lowest BCUT2D eigenvalue weighted by Crippen LogP contribution is -2.30. The number of methoxy groups -OCH3 is 1. The van der Waals surface area contributed by atoms with Crippen LogP contribution in [0.3, 0.4) is 0 Å². The van der Waals surface area contributed by atoms with E-state index in [4.69, 9.17) is 17.0 Å². The number of amides is 1. The van der Waals surface area contributed by atoms with Gasteiger partial charge in [-0.1, -0.05) is 12.1 Å². The molecule has 3 heterocycles. The Morgan fingerprint density at radius 2 is 1.92 bits per heavy atom. The minimum atomic E-state index is -0.408. The Morgan fingerprint density at radius 1 is 1.11 bits per heavy atom. The summed E-state index contributed by atoms with van der Waals surface area (Å²) in [4.78, 5) is 29.5. The third-order valence-corrected chi connectivity index (χ3v) is 6.52. The number of aromatic nitrogens is 2. The van der Waals surface area contributed by atoms with Crippen LogP contribution in [0, 0.1) is 10.1 Å².